The Morgan fingerprint density at radius 1 is 1.48 bits per heavy atom. The van der Waals surface area contributed by atoms with Gasteiger partial charge in [-0.3, -0.25) is 0 Å². The third-order valence-corrected chi connectivity index (χ3v) is 3.84. The van der Waals surface area contributed by atoms with Gasteiger partial charge >= 0.3 is 6.09 Å². The summed E-state index contributed by atoms with van der Waals surface area (Å²) in [7, 11) is 0. The maximum Gasteiger partial charge on any atom is 0.408 e. The van der Waals surface area contributed by atoms with E-state index in [0.29, 0.717) is 11.4 Å². The van der Waals surface area contributed by atoms with Crippen LogP contribution in [-0.2, 0) is 11.3 Å². The number of hydrogen-bond acceptors (Lipinski definition) is 4. The van der Waals surface area contributed by atoms with Crippen molar-refractivity contribution in [3.63, 3.8) is 0 Å². The maximum atomic E-state index is 13.8. The van der Waals surface area contributed by atoms with Gasteiger partial charge in [0.1, 0.15) is 12.4 Å². The minimum absolute atomic E-state index is 0.117. The summed E-state index contributed by atoms with van der Waals surface area (Å²) in [6.45, 7) is 0.0734. The fourth-order valence-electron chi connectivity index (χ4n) is 2.18. The zero-order valence-electron chi connectivity index (χ0n) is 11.7. The molecule has 0 spiro atoms. The molecule has 5 nitrogen and oxygen atoms in total. The zero-order valence-corrected chi connectivity index (χ0v) is 13.2. The van der Waals surface area contributed by atoms with Gasteiger partial charge in [-0.2, -0.15) is 0 Å². The van der Waals surface area contributed by atoms with Crippen LogP contribution in [0.4, 0.5) is 9.18 Å². The van der Waals surface area contributed by atoms with Crippen molar-refractivity contribution in [2.75, 3.05) is 6.61 Å². The number of nitrogens with one attached hydrogen (secondary N) is 1. The summed E-state index contributed by atoms with van der Waals surface area (Å²) in [4.78, 5) is 15.9. The number of aromatic nitrogens is 1. The number of alkyl carbamates (subject to hydrolysis) is 1. The number of nitrogens with zero attached hydrogens (tertiary/aromatic N) is 1. The van der Waals surface area contributed by atoms with Gasteiger partial charge in [0.05, 0.1) is 12.1 Å². The van der Waals surface area contributed by atoms with Crippen LogP contribution in [0.5, 0.6) is 5.88 Å². The SMILES string of the molecule is O=C(NCc1c(F)cc(Cl)cc1Cl)OC1COc2ncccc21. The summed E-state index contributed by atoms with van der Waals surface area (Å²) in [6.07, 6.45) is 0.331. The van der Waals surface area contributed by atoms with Crippen LogP contribution in [0.3, 0.4) is 0 Å². The molecule has 0 fully saturated rings. The molecule has 1 N–H and O–H groups in total. The second-order valence-corrected chi connectivity index (χ2v) is 5.65. The molecule has 1 aliphatic heterocycles. The molecule has 3 rings (SSSR count). The third kappa shape index (κ3) is 3.48. The molecule has 1 aliphatic rings. The normalized spacial score (nSPS) is 15.7. The number of hydrogen-bond donors (Lipinski definition) is 1. The molecule has 1 aromatic carbocycles. The van der Waals surface area contributed by atoms with E-state index in [4.69, 9.17) is 32.7 Å². The summed E-state index contributed by atoms with van der Waals surface area (Å²) in [5.41, 5.74) is 0.830. The second kappa shape index (κ2) is 6.60. The van der Waals surface area contributed by atoms with Gasteiger partial charge in [0, 0.05) is 21.8 Å². The molecule has 0 radical (unpaired) electrons. The van der Waals surface area contributed by atoms with Crippen LogP contribution in [0, 0.1) is 5.82 Å². The average Bonchev–Trinajstić information content (AvgIpc) is 2.89. The van der Waals surface area contributed by atoms with Crippen LogP contribution in [0.1, 0.15) is 17.2 Å². The molecule has 1 atom stereocenters. The molecule has 2 aromatic rings. The molecular formula is C15H11Cl2FN2O3. The van der Waals surface area contributed by atoms with Crippen LogP contribution >= 0.6 is 23.2 Å². The number of ether oxygens (including phenoxy) is 2. The molecule has 1 amide bonds. The standard InChI is InChI=1S/C15H11Cl2FN2O3/c16-8-4-11(17)10(12(18)5-8)6-20-15(21)23-13-7-22-14-9(13)2-1-3-19-14/h1-5,13H,6-7H2,(H,20,21). The molecule has 0 saturated carbocycles. The van der Waals surface area contributed by atoms with Crippen LogP contribution in [0.25, 0.3) is 0 Å². The highest BCUT2D eigenvalue weighted by Crippen LogP contribution is 2.32. The lowest BCUT2D eigenvalue weighted by Crippen LogP contribution is -2.26. The van der Waals surface area contributed by atoms with Crippen LogP contribution in [-0.4, -0.2) is 17.7 Å². The quantitative estimate of drug-likeness (QED) is 0.906. The van der Waals surface area contributed by atoms with Crippen molar-refractivity contribution in [1.29, 1.82) is 0 Å². The highest BCUT2D eigenvalue weighted by Gasteiger charge is 2.28. The van der Waals surface area contributed by atoms with E-state index in [1.807, 2.05) is 0 Å². The summed E-state index contributed by atoms with van der Waals surface area (Å²) in [5, 5.41) is 2.77. The zero-order chi connectivity index (χ0) is 16.4. The van der Waals surface area contributed by atoms with Crippen LogP contribution in [0.15, 0.2) is 30.5 Å². The number of rotatable bonds is 3. The van der Waals surface area contributed by atoms with Gasteiger partial charge in [0.25, 0.3) is 0 Å². The van der Waals surface area contributed by atoms with E-state index in [2.05, 4.69) is 10.3 Å². The monoisotopic (exact) mass is 356 g/mol. The number of halogens is 3. The average molecular weight is 357 g/mol. The fourth-order valence-corrected chi connectivity index (χ4v) is 2.72. The first kappa shape index (κ1) is 15.8. The van der Waals surface area contributed by atoms with Crippen molar-refractivity contribution in [2.45, 2.75) is 12.6 Å². The van der Waals surface area contributed by atoms with Crippen molar-refractivity contribution in [2.24, 2.45) is 0 Å². The number of benzene rings is 1. The highest BCUT2D eigenvalue weighted by molar-refractivity contribution is 6.35. The Bertz CT molecular complexity index is 734. The first-order chi connectivity index (χ1) is 11.0. The topological polar surface area (TPSA) is 60.5 Å². The molecule has 2 heterocycles. The lowest BCUT2D eigenvalue weighted by molar-refractivity contribution is 0.0821. The van der Waals surface area contributed by atoms with E-state index < -0.39 is 18.0 Å². The number of carbonyl (C=O) groups is 1. The van der Waals surface area contributed by atoms with E-state index in [9.17, 15) is 9.18 Å². The number of amides is 1. The largest absolute Gasteiger partial charge is 0.473 e. The molecular weight excluding hydrogens is 346 g/mol. The Labute approximate surface area is 141 Å². The summed E-state index contributed by atoms with van der Waals surface area (Å²) in [6, 6.07) is 6.03. The smallest absolute Gasteiger partial charge is 0.408 e. The Kier molecular flexibility index (Phi) is 4.54. The van der Waals surface area contributed by atoms with E-state index in [-0.39, 0.29) is 28.8 Å². The van der Waals surface area contributed by atoms with Crippen LogP contribution in [0.2, 0.25) is 10.0 Å². The van der Waals surface area contributed by atoms with E-state index >= 15 is 0 Å². The van der Waals surface area contributed by atoms with Gasteiger partial charge in [0.15, 0.2) is 6.10 Å². The van der Waals surface area contributed by atoms with Gasteiger partial charge in [0.2, 0.25) is 5.88 Å². The maximum absolute atomic E-state index is 13.8. The molecule has 8 heteroatoms. The molecule has 0 aliphatic carbocycles. The minimum atomic E-state index is -0.708. The Hall–Kier alpha value is -2.05. The predicted octanol–water partition coefficient (Wildman–Crippen LogP) is 3.89. The van der Waals surface area contributed by atoms with Crippen molar-refractivity contribution >= 4 is 29.3 Å². The third-order valence-electron chi connectivity index (χ3n) is 3.28. The van der Waals surface area contributed by atoms with Gasteiger partial charge in [-0.15, -0.1) is 0 Å². The van der Waals surface area contributed by atoms with Gasteiger partial charge in [-0.05, 0) is 24.3 Å². The van der Waals surface area contributed by atoms with E-state index in [0.717, 1.165) is 6.07 Å². The first-order valence-electron chi connectivity index (χ1n) is 6.70. The predicted molar refractivity (Wildman–Crippen MR) is 82.2 cm³/mol. The van der Waals surface area contributed by atoms with Crippen LogP contribution < -0.4 is 10.1 Å². The molecule has 23 heavy (non-hydrogen) atoms. The number of fused-ring (bicyclic) bond motifs is 1. The van der Waals surface area contributed by atoms with Crippen molar-refractivity contribution < 1.29 is 18.7 Å². The molecule has 0 saturated heterocycles. The van der Waals surface area contributed by atoms with Gasteiger partial charge in [-0.25, -0.2) is 14.2 Å². The lowest BCUT2D eigenvalue weighted by Gasteiger charge is -2.13. The fraction of sp³-hybridized carbons (Fsp3) is 0.200. The van der Waals surface area contributed by atoms with Crippen molar-refractivity contribution in [3.05, 3.63) is 57.5 Å². The molecule has 1 aromatic heterocycles. The lowest BCUT2D eigenvalue weighted by atomic mass is 10.2. The van der Waals surface area contributed by atoms with E-state index in [1.165, 1.54) is 6.07 Å². The summed E-state index contributed by atoms with van der Waals surface area (Å²) >= 11 is 11.6. The van der Waals surface area contributed by atoms with Gasteiger partial charge < -0.3 is 14.8 Å². The Morgan fingerprint density at radius 2 is 2.30 bits per heavy atom. The van der Waals surface area contributed by atoms with E-state index in [1.54, 1.807) is 18.3 Å². The second-order valence-electron chi connectivity index (χ2n) is 4.80. The Balaban J connectivity index is 1.61. The number of pyridine rings is 1. The molecule has 120 valence electrons. The first-order valence-corrected chi connectivity index (χ1v) is 7.46. The van der Waals surface area contributed by atoms with Crippen molar-refractivity contribution in [3.8, 4) is 5.88 Å². The number of carbonyl (C=O) groups excluding carboxylic acids is 1. The highest BCUT2D eigenvalue weighted by atomic mass is 35.5. The molecule has 1 unspecified atom stereocenters. The van der Waals surface area contributed by atoms with Crippen molar-refractivity contribution in [1.82, 2.24) is 10.3 Å². The Morgan fingerprint density at radius 3 is 3.09 bits per heavy atom. The minimum Gasteiger partial charge on any atom is -0.473 e. The van der Waals surface area contributed by atoms with Gasteiger partial charge in [-0.1, -0.05) is 23.2 Å². The summed E-state index contributed by atoms with van der Waals surface area (Å²) in [5.74, 6) is -0.154. The summed E-state index contributed by atoms with van der Waals surface area (Å²) < 4.78 is 24.3. The molecule has 0 bridgehead atoms.